The van der Waals surface area contributed by atoms with Crippen LogP contribution in [0.4, 0.5) is 4.39 Å². The molecule has 19 heavy (non-hydrogen) atoms. The first kappa shape index (κ1) is 13.5. The van der Waals surface area contributed by atoms with Gasteiger partial charge in [-0.25, -0.2) is 19.2 Å². The molecule has 1 aromatic carbocycles. The zero-order valence-electron chi connectivity index (χ0n) is 10.1. The lowest BCUT2D eigenvalue weighted by Crippen LogP contribution is -2.03. The van der Waals surface area contributed by atoms with Gasteiger partial charge in [-0.1, -0.05) is 23.9 Å². The lowest BCUT2D eigenvalue weighted by atomic mass is 10.1. The van der Waals surface area contributed by atoms with Crippen LogP contribution in [0.5, 0.6) is 0 Å². The van der Waals surface area contributed by atoms with E-state index in [2.05, 4.69) is 9.97 Å². The van der Waals surface area contributed by atoms with Crippen molar-refractivity contribution in [3.63, 3.8) is 0 Å². The molecule has 0 bridgehead atoms. The number of carboxylic acids is 1. The number of hydrogen-bond donors (Lipinski definition) is 1. The van der Waals surface area contributed by atoms with Gasteiger partial charge in [-0.15, -0.1) is 0 Å². The van der Waals surface area contributed by atoms with Gasteiger partial charge in [0.15, 0.2) is 5.16 Å². The monoisotopic (exact) mass is 278 g/mol. The van der Waals surface area contributed by atoms with Crippen LogP contribution in [0, 0.1) is 12.7 Å². The molecule has 0 spiro atoms. The van der Waals surface area contributed by atoms with Crippen LogP contribution in [0.3, 0.4) is 0 Å². The van der Waals surface area contributed by atoms with Crippen LogP contribution in [-0.2, 0) is 5.75 Å². The summed E-state index contributed by atoms with van der Waals surface area (Å²) in [4.78, 5) is 19.1. The van der Waals surface area contributed by atoms with E-state index >= 15 is 0 Å². The Hall–Kier alpha value is -1.95. The number of aromatic carboxylic acids is 1. The Bertz CT molecular complexity index is 619. The fourth-order valence-electron chi connectivity index (χ4n) is 1.49. The van der Waals surface area contributed by atoms with Gasteiger partial charge < -0.3 is 5.11 Å². The molecule has 0 fully saturated rings. The van der Waals surface area contributed by atoms with Gasteiger partial charge in [-0.05, 0) is 24.6 Å². The Kier molecular flexibility index (Phi) is 4.11. The normalized spacial score (nSPS) is 10.4. The summed E-state index contributed by atoms with van der Waals surface area (Å²) in [6.45, 7) is 1.84. The lowest BCUT2D eigenvalue weighted by Gasteiger charge is -2.05. The largest absolute Gasteiger partial charge is 0.478 e. The molecule has 0 aliphatic heterocycles. The van der Waals surface area contributed by atoms with Crippen LogP contribution in [0.25, 0.3) is 0 Å². The Balaban J connectivity index is 2.16. The zero-order valence-corrected chi connectivity index (χ0v) is 10.9. The summed E-state index contributed by atoms with van der Waals surface area (Å²) in [5, 5.41) is 9.38. The van der Waals surface area contributed by atoms with Crippen LogP contribution < -0.4 is 0 Å². The highest BCUT2D eigenvalue weighted by atomic mass is 32.2. The molecule has 0 saturated heterocycles. The molecule has 98 valence electrons. The van der Waals surface area contributed by atoms with Gasteiger partial charge in [-0.3, -0.25) is 0 Å². The molecule has 0 amide bonds. The molecule has 0 unspecified atom stereocenters. The topological polar surface area (TPSA) is 63.1 Å². The number of carboxylic acid groups (broad SMARTS) is 1. The summed E-state index contributed by atoms with van der Waals surface area (Å²) in [6.07, 6.45) is 1.63. The predicted octanol–water partition coefficient (Wildman–Crippen LogP) is 2.91. The summed E-state index contributed by atoms with van der Waals surface area (Å²) in [5.41, 5.74) is 0.843. The highest BCUT2D eigenvalue weighted by molar-refractivity contribution is 7.98. The van der Waals surface area contributed by atoms with Crippen molar-refractivity contribution in [1.82, 2.24) is 9.97 Å². The Morgan fingerprint density at radius 3 is 2.89 bits per heavy atom. The summed E-state index contributed by atoms with van der Waals surface area (Å²) >= 11 is 1.27. The maximum Gasteiger partial charge on any atom is 0.338 e. The first-order valence-corrected chi connectivity index (χ1v) is 6.49. The number of thioether (sulfide) groups is 1. The van der Waals surface area contributed by atoms with Gasteiger partial charge in [0.25, 0.3) is 0 Å². The minimum atomic E-state index is -1.27. The highest BCUT2D eigenvalue weighted by Crippen LogP contribution is 2.22. The van der Waals surface area contributed by atoms with Crippen molar-refractivity contribution in [3.8, 4) is 0 Å². The Morgan fingerprint density at radius 1 is 1.42 bits per heavy atom. The van der Waals surface area contributed by atoms with Crippen molar-refractivity contribution in [2.24, 2.45) is 0 Å². The van der Waals surface area contributed by atoms with Crippen LogP contribution in [0.15, 0.2) is 35.6 Å². The number of halogens is 1. The van der Waals surface area contributed by atoms with Gasteiger partial charge >= 0.3 is 5.97 Å². The fraction of sp³-hybridized carbons (Fsp3) is 0.154. The van der Waals surface area contributed by atoms with Crippen molar-refractivity contribution in [3.05, 3.63) is 53.1 Å². The fourth-order valence-corrected chi connectivity index (χ4v) is 2.35. The van der Waals surface area contributed by atoms with E-state index in [-0.39, 0.29) is 11.3 Å². The number of aromatic nitrogens is 2. The quantitative estimate of drug-likeness (QED) is 0.688. The Labute approximate surface area is 113 Å². The van der Waals surface area contributed by atoms with E-state index in [1.807, 2.05) is 6.92 Å². The van der Waals surface area contributed by atoms with E-state index in [9.17, 15) is 9.18 Å². The van der Waals surface area contributed by atoms with Gasteiger partial charge in [0, 0.05) is 17.6 Å². The van der Waals surface area contributed by atoms with Crippen molar-refractivity contribution >= 4 is 17.7 Å². The molecule has 0 aliphatic rings. The van der Waals surface area contributed by atoms with Crippen molar-refractivity contribution in [2.45, 2.75) is 17.8 Å². The molecule has 6 heteroatoms. The number of rotatable bonds is 4. The second-order valence-electron chi connectivity index (χ2n) is 3.85. The second kappa shape index (κ2) is 5.79. The number of carbonyl (C=O) groups is 1. The maximum atomic E-state index is 13.9. The molecule has 0 radical (unpaired) electrons. The molecule has 0 atom stereocenters. The number of benzene rings is 1. The maximum absolute atomic E-state index is 13.9. The van der Waals surface area contributed by atoms with Crippen LogP contribution in [-0.4, -0.2) is 21.0 Å². The molecular weight excluding hydrogens is 267 g/mol. The van der Waals surface area contributed by atoms with Gasteiger partial charge in [0.1, 0.15) is 5.82 Å². The third-order valence-corrected chi connectivity index (χ3v) is 3.35. The minimum absolute atomic E-state index is 0.288. The van der Waals surface area contributed by atoms with Gasteiger partial charge in [0.2, 0.25) is 0 Å². The average Bonchev–Trinajstić information content (AvgIpc) is 2.37. The van der Waals surface area contributed by atoms with E-state index in [1.54, 1.807) is 18.3 Å². The molecule has 2 rings (SSSR count). The first-order chi connectivity index (χ1) is 9.08. The molecule has 1 heterocycles. The van der Waals surface area contributed by atoms with E-state index < -0.39 is 11.8 Å². The average molecular weight is 278 g/mol. The molecule has 4 nitrogen and oxygen atoms in total. The van der Waals surface area contributed by atoms with Crippen LogP contribution >= 0.6 is 11.8 Å². The van der Waals surface area contributed by atoms with Crippen molar-refractivity contribution < 1.29 is 14.3 Å². The van der Waals surface area contributed by atoms with E-state index in [0.717, 1.165) is 5.69 Å². The first-order valence-electron chi connectivity index (χ1n) is 5.51. The molecule has 2 aromatic rings. The smallest absolute Gasteiger partial charge is 0.338 e. The minimum Gasteiger partial charge on any atom is -0.478 e. The number of hydrogen-bond acceptors (Lipinski definition) is 4. The standard InChI is InChI=1S/C13H11FN2O2S/c1-8-5-6-15-13(16-8)19-7-9-3-2-4-10(11(9)14)12(17)18/h2-6H,7H2,1H3,(H,17,18). The van der Waals surface area contributed by atoms with Gasteiger partial charge in [-0.2, -0.15) is 0 Å². The summed E-state index contributed by atoms with van der Waals surface area (Å²) in [7, 11) is 0. The van der Waals surface area contributed by atoms with Crippen LogP contribution in [0.1, 0.15) is 21.6 Å². The van der Waals surface area contributed by atoms with Crippen LogP contribution in [0.2, 0.25) is 0 Å². The van der Waals surface area contributed by atoms with Gasteiger partial charge in [0.05, 0.1) is 5.56 Å². The molecule has 1 aromatic heterocycles. The SMILES string of the molecule is Cc1ccnc(SCc2cccc(C(=O)O)c2F)n1. The predicted molar refractivity (Wildman–Crippen MR) is 69.7 cm³/mol. The number of nitrogens with zero attached hydrogens (tertiary/aromatic N) is 2. The second-order valence-corrected chi connectivity index (χ2v) is 4.80. The van der Waals surface area contributed by atoms with E-state index in [1.165, 1.54) is 23.9 Å². The molecule has 1 N–H and O–H groups in total. The van der Waals surface area contributed by atoms with E-state index in [0.29, 0.717) is 10.7 Å². The molecule has 0 aliphatic carbocycles. The van der Waals surface area contributed by atoms with Crippen molar-refractivity contribution in [1.29, 1.82) is 0 Å². The van der Waals surface area contributed by atoms with E-state index in [4.69, 9.17) is 5.11 Å². The number of aryl methyl sites for hydroxylation is 1. The Morgan fingerprint density at radius 2 is 2.21 bits per heavy atom. The molecule has 0 saturated carbocycles. The van der Waals surface area contributed by atoms with Crippen molar-refractivity contribution in [2.75, 3.05) is 0 Å². The lowest BCUT2D eigenvalue weighted by molar-refractivity contribution is 0.0691. The summed E-state index contributed by atoms with van der Waals surface area (Å²) in [6, 6.07) is 6.11. The summed E-state index contributed by atoms with van der Waals surface area (Å²) < 4.78 is 13.9. The third-order valence-electron chi connectivity index (χ3n) is 2.44. The highest BCUT2D eigenvalue weighted by Gasteiger charge is 2.14. The third kappa shape index (κ3) is 3.29. The summed E-state index contributed by atoms with van der Waals surface area (Å²) in [5.74, 6) is -1.68. The zero-order chi connectivity index (χ0) is 13.8. The molecular formula is C13H11FN2O2S.